The number of nitrogens with zero attached hydrogens (tertiary/aromatic N) is 2. The Hall–Kier alpha value is -2.04. The van der Waals surface area contributed by atoms with Gasteiger partial charge in [0.15, 0.2) is 0 Å². The van der Waals surface area contributed by atoms with Crippen molar-refractivity contribution in [2.24, 2.45) is 0 Å². The van der Waals surface area contributed by atoms with E-state index in [1.54, 1.807) is 0 Å². The average molecular weight is 361 g/mol. The number of para-hydroxylation sites is 1. The van der Waals surface area contributed by atoms with Gasteiger partial charge in [-0.2, -0.15) is 0 Å². The zero-order chi connectivity index (χ0) is 16.8. The molecule has 0 spiro atoms. The van der Waals surface area contributed by atoms with Crippen molar-refractivity contribution < 1.29 is 9.53 Å². The molecule has 0 unspecified atom stereocenters. The SMILES string of the molecule is CN1CCCN(C(=O)c2ccccc2OCc2ccccc2)CC1.Cl. The average Bonchev–Trinajstić information content (AvgIpc) is 2.85. The second-order valence-electron chi connectivity index (χ2n) is 6.22. The molecule has 1 heterocycles. The molecule has 0 radical (unpaired) electrons. The summed E-state index contributed by atoms with van der Waals surface area (Å²) in [4.78, 5) is 17.1. The quantitative estimate of drug-likeness (QED) is 0.837. The summed E-state index contributed by atoms with van der Waals surface area (Å²) >= 11 is 0. The number of amides is 1. The van der Waals surface area contributed by atoms with Crippen molar-refractivity contribution in [1.82, 2.24) is 9.80 Å². The van der Waals surface area contributed by atoms with Crippen LogP contribution in [0.15, 0.2) is 54.6 Å². The monoisotopic (exact) mass is 360 g/mol. The first-order valence-corrected chi connectivity index (χ1v) is 8.47. The largest absolute Gasteiger partial charge is 0.488 e. The number of carbonyl (C=O) groups excluding carboxylic acids is 1. The fraction of sp³-hybridized carbons (Fsp3) is 0.350. The molecule has 2 aromatic rings. The van der Waals surface area contributed by atoms with Crippen molar-refractivity contribution in [3.8, 4) is 5.75 Å². The van der Waals surface area contributed by atoms with Crippen LogP contribution in [0.4, 0.5) is 0 Å². The molecule has 25 heavy (non-hydrogen) atoms. The first-order valence-electron chi connectivity index (χ1n) is 8.47. The molecule has 3 rings (SSSR count). The third-order valence-corrected chi connectivity index (χ3v) is 4.36. The van der Waals surface area contributed by atoms with E-state index >= 15 is 0 Å². The van der Waals surface area contributed by atoms with Crippen LogP contribution in [-0.4, -0.2) is 48.9 Å². The van der Waals surface area contributed by atoms with Crippen molar-refractivity contribution >= 4 is 18.3 Å². The molecule has 1 aliphatic rings. The van der Waals surface area contributed by atoms with E-state index in [0.29, 0.717) is 17.9 Å². The summed E-state index contributed by atoms with van der Waals surface area (Å²) < 4.78 is 5.93. The van der Waals surface area contributed by atoms with Gasteiger partial charge in [0.2, 0.25) is 0 Å². The van der Waals surface area contributed by atoms with Crippen LogP contribution in [0.2, 0.25) is 0 Å². The maximum Gasteiger partial charge on any atom is 0.257 e. The molecule has 134 valence electrons. The summed E-state index contributed by atoms with van der Waals surface area (Å²) in [7, 11) is 2.10. The predicted octanol–water partition coefficient (Wildman–Crippen LogP) is 3.47. The van der Waals surface area contributed by atoms with Crippen LogP contribution in [0, 0.1) is 0 Å². The molecule has 0 aromatic heterocycles. The number of hydrogen-bond donors (Lipinski definition) is 0. The van der Waals surface area contributed by atoms with Gasteiger partial charge in [0, 0.05) is 19.6 Å². The van der Waals surface area contributed by atoms with Gasteiger partial charge in [-0.15, -0.1) is 12.4 Å². The summed E-state index contributed by atoms with van der Waals surface area (Å²) in [5.74, 6) is 0.720. The normalized spacial score (nSPS) is 15.2. The molecule has 2 aromatic carbocycles. The fourth-order valence-corrected chi connectivity index (χ4v) is 2.92. The van der Waals surface area contributed by atoms with Gasteiger partial charge >= 0.3 is 0 Å². The number of carbonyl (C=O) groups is 1. The third kappa shape index (κ3) is 5.21. The lowest BCUT2D eigenvalue weighted by Crippen LogP contribution is -2.34. The Morgan fingerprint density at radius 2 is 1.68 bits per heavy atom. The highest BCUT2D eigenvalue weighted by molar-refractivity contribution is 5.97. The van der Waals surface area contributed by atoms with E-state index in [1.807, 2.05) is 59.5 Å². The zero-order valence-corrected chi connectivity index (χ0v) is 15.4. The molecular weight excluding hydrogens is 336 g/mol. The molecular formula is C20H25ClN2O2. The molecule has 4 nitrogen and oxygen atoms in total. The van der Waals surface area contributed by atoms with Crippen molar-refractivity contribution in [1.29, 1.82) is 0 Å². The Balaban J connectivity index is 0.00000225. The van der Waals surface area contributed by atoms with E-state index < -0.39 is 0 Å². The van der Waals surface area contributed by atoms with Gasteiger partial charge in [-0.1, -0.05) is 42.5 Å². The highest BCUT2D eigenvalue weighted by Gasteiger charge is 2.21. The van der Waals surface area contributed by atoms with Gasteiger partial charge in [-0.05, 0) is 37.7 Å². The summed E-state index contributed by atoms with van der Waals surface area (Å²) in [5, 5.41) is 0. The molecule has 1 fully saturated rings. The van der Waals surface area contributed by atoms with Gasteiger partial charge < -0.3 is 14.5 Å². The van der Waals surface area contributed by atoms with Crippen molar-refractivity contribution in [3.63, 3.8) is 0 Å². The van der Waals surface area contributed by atoms with Crippen molar-refractivity contribution in [3.05, 3.63) is 65.7 Å². The van der Waals surface area contributed by atoms with E-state index in [-0.39, 0.29) is 18.3 Å². The molecule has 0 saturated carbocycles. The molecule has 0 aliphatic carbocycles. The number of ether oxygens (including phenoxy) is 1. The number of rotatable bonds is 4. The van der Waals surface area contributed by atoms with Gasteiger partial charge in [0.1, 0.15) is 12.4 Å². The van der Waals surface area contributed by atoms with E-state index in [4.69, 9.17) is 4.74 Å². The van der Waals surface area contributed by atoms with Gasteiger partial charge in [0.05, 0.1) is 5.56 Å². The maximum atomic E-state index is 12.9. The van der Waals surface area contributed by atoms with Crippen LogP contribution >= 0.6 is 12.4 Å². The zero-order valence-electron chi connectivity index (χ0n) is 14.6. The Morgan fingerprint density at radius 3 is 2.48 bits per heavy atom. The second-order valence-corrected chi connectivity index (χ2v) is 6.22. The minimum absolute atomic E-state index is 0. The van der Waals surface area contributed by atoms with Gasteiger partial charge in [-0.25, -0.2) is 0 Å². The predicted molar refractivity (Wildman–Crippen MR) is 102 cm³/mol. The lowest BCUT2D eigenvalue weighted by atomic mass is 10.1. The number of hydrogen-bond acceptors (Lipinski definition) is 3. The number of benzene rings is 2. The highest BCUT2D eigenvalue weighted by Crippen LogP contribution is 2.22. The molecule has 1 saturated heterocycles. The molecule has 1 aliphatic heterocycles. The Morgan fingerprint density at radius 1 is 0.960 bits per heavy atom. The smallest absolute Gasteiger partial charge is 0.257 e. The second kappa shape index (κ2) is 9.44. The van der Waals surface area contributed by atoms with Crippen LogP contribution in [0.5, 0.6) is 5.75 Å². The van der Waals surface area contributed by atoms with E-state index in [0.717, 1.165) is 38.2 Å². The Labute approximate surface area is 155 Å². The summed E-state index contributed by atoms with van der Waals surface area (Å²) in [5.41, 5.74) is 1.74. The molecule has 0 atom stereocenters. The summed E-state index contributed by atoms with van der Waals surface area (Å²) in [6.07, 6.45) is 1.01. The van der Waals surface area contributed by atoms with E-state index in [9.17, 15) is 4.79 Å². The van der Waals surface area contributed by atoms with E-state index in [2.05, 4.69) is 11.9 Å². The van der Waals surface area contributed by atoms with Crippen LogP contribution in [0.25, 0.3) is 0 Å². The van der Waals surface area contributed by atoms with Crippen molar-refractivity contribution in [2.45, 2.75) is 13.0 Å². The molecule has 1 amide bonds. The minimum Gasteiger partial charge on any atom is -0.488 e. The lowest BCUT2D eigenvalue weighted by molar-refractivity contribution is 0.0758. The maximum absolute atomic E-state index is 12.9. The Bertz CT molecular complexity index is 678. The molecule has 5 heteroatoms. The highest BCUT2D eigenvalue weighted by atomic mass is 35.5. The van der Waals surface area contributed by atoms with Gasteiger partial charge in [0.25, 0.3) is 5.91 Å². The number of likely N-dealkylation sites (N-methyl/N-ethyl adjacent to an activating group) is 1. The van der Waals surface area contributed by atoms with Crippen molar-refractivity contribution in [2.75, 3.05) is 33.2 Å². The minimum atomic E-state index is 0. The van der Waals surface area contributed by atoms with Gasteiger partial charge in [-0.3, -0.25) is 4.79 Å². The van der Waals surface area contributed by atoms with Crippen LogP contribution in [0.1, 0.15) is 22.3 Å². The molecule has 0 bridgehead atoms. The third-order valence-electron chi connectivity index (χ3n) is 4.36. The summed E-state index contributed by atoms with van der Waals surface area (Å²) in [6, 6.07) is 17.5. The topological polar surface area (TPSA) is 32.8 Å². The van der Waals surface area contributed by atoms with E-state index in [1.165, 1.54) is 0 Å². The van der Waals surface area contributed by atoms with Crippen LogP contribution < -0.4 is 4.74 Å². The van der Waals surface area contributed by atoms with Crippen LogP contribution in [-0.2, 0) is 6.61 Å². The molecule has 0 N–H and O–H groups in total. The van der Waals surface area contributed by atoms with Crippen LogP contribution in [0.3, 0.4) is 0 Å². The fourth-order valence-electron chi connectivity index (χ4n) is 2.92. The Kier molecular flexibility index (Phi) is 7.29. The first kappa shape index (κ1) is 19.3. The first-order chi connectivity index (χ1) is 11.7. The standard InChI is InChI=1S/C20H24N2O2.ClH/c1-21-12-7-13-22(15-14-21)20(23)18-10-5-6-11-19(18)24-16-17-8-3-2-4-9-17;/h2-6,8-11H,7,12-16H2,1H3;1H. The lowest BCUT2D eigenvalue weighted by Gasteiger charge is -2.22. The summed E-state index contributed by atoms with van der Waals surface area (Å²) in [6.45, 7) is 3.99. The number of halogens is 1.